The van der Waals surface area contributed by atoms with Crippen molar-refractivity contribution >= 4 is 0 Å². The van der Waals surface area contributed by atoms with Crippen LogP contribution in [0.15, 0.2) is 0 Å². The highest BCUT2D eigenvalue weighted by Gasteiger charge is 2.28. The lowest BCUT2D eigenvalue weighted by atomic mass is 9.97. The maximum absolute atomic E-state index is 3.73. The third-order valence-electron chi connectivity index (χ3n) is 4.48. The summed E-state index contributed by atoms with van der Waals surface area (Å²) in [5.41, 5.74) is 0. The van der Waals surface area contributed by atoms with Crippen LogP contribution in [0, 0.1) is 0 Å². The van der Waals surface area contributed by atoms with Gasteiger partial charge in [0.25, 0.3) is 0 Å². The Balaban J connectivity index is 2.70. The van der Waals surface area contributed by atoms with E-state index in [1.807, 2.05) is 0 Å². The van der Waals surface area contributed by atoms with Crippen molar-refractivity contribution in [2.24, 2.45) is 0 Å². The molecule has 1 aliphatic heterocycles. The van der Waals surface area contributed by atoms with E-state index in [4.69, 9.17) is 0 Å². The van der Waals surface area contributed by atoms with Gasteiger partial charge in [-0.1, -0.05) is 40.0 Å². The Morgan fingerprint density at radius 3 is 2.56 bits per heavy atom. The third-order valence-corrected chi connectivity index (χ3v) is 4.48. The van der Waals surface area contributed by atoms with E-state index in [2.05, 4.69) is 37.9 Å². The van der Waals surface area contributed by atoms with Crippen molar-refractivity contribution in [1.29, 1.82) is 0 Å². The topological polar surface area (TPSA) is 15.3 Å². The Hall–Kier alpha value is -0.0800. The Morgan fingerprint density at radius 1 is 1.17 bits per heavy atom. The lowest BCUT2D eigenvalue weighted by Gasteiger charge is -2.40. The predicted molar refractivity (Wildman–Crippen MR) is 81.1 cm³/mol. The number of likely N-dealkylation sites (N-methyl/N-ethyl adjacent to an activating group) is 1. The zero-order valence-corrected chi connectivity index (χ0v) is 13.0. The van der Waals surface area contributed by atoms with Crippen molar-refractivity contribution in [2.75, 3.05) is 13.1 Å². The molecule has 1 fully saturated rings. The highest BCUT2D eigenvalue weighted by Crippen LogP contribution is 2.23. The molecular formula is C16H34N2. The van der Waals surface area contributed by atoms with Crippen LogP contribution in [0.25, 0.3) is 0 Å². The van der Waals surface area contributed by atoms with Gasteiger partial charge in [0.05, 0.1) is 0 Å². The summed E-state index contributed by atoms with van der Waals surface area (Å²) in [7, 11) is 0. The molecule has 0 amide bonds. The number of hydrogen-bond acceptors (Lipinski definition) is 2. The van der Waals surface area contributed by atoms with Gasteiger partial charge in [0.15, 0.2) is 0 Å². The molecule has 2 nitrogen and oxygen atoms in total. The molecule has 0 radical (unpaired) electrons. The van der Waals surface area contributed by atoms with Gasteiger partial charge in [-0.2, -0.15) is 0 Å². The van der Waals surface area contributed by atoms with Gasteiger partial charge in [-0.05, 0) is 45.7 Å². The van der Waals surface area contributed by atoms with Crippen molar-refractivity contribution < 1.29 is 0 Å². The van der Waals surface area contributed by atoms with E-state index in [0.29, 0.717) is 6.04 Å². The van der Waals surface area contributed by atoms with Crippen molar-refractivity contribution in [3.05, 3.63) is 0 Å². The monoisotopic (exact) mass is 254 g/mol. The average Bonchev–Trinajstić information content (AvgIpc) is 2.57. The van der Waals surface area contributed by atoms with Crippen LogP contribution in [0.2, 0.25) is 0 Å². The minimum atomic E-state index is 0.686. The average molecular weight is 254 g/mol. The normalized spacial score (nSPS) is 25.7. The minimum absolute atomic E-state index is 0.686. The van der Waals surface area contributed by atoms with E-state index in [-0.39, 0.29) is 0 Å². The molecule has 1 N–H and O–H groups in total. The first kappa shape index (κ1) is 16.0. The fourth-order valence-electron chi connectivity index (χ4n) is 3.54. The molecule has 1 rings (SSSR count). The Bertz CT molecular complexity index is 199. The lowest BCUT2D eigenvalue weighted by Crippen LogP contribution is -2.52. The fraction of sp³-hybridized carbons (Fsp3) is 1.00. The van der Waals surface area contributed by atoms with Gasteiger partial charge in [-0.3, -0.25) is 4.90 Å². The van der Waals surface area contributed by atoms with Gasteiger partial charge in [-0.15, -0.1) is 0 Å². The lowest BCUT2D eigenvalue weighted by molar-refractivity contribution is 0.108. The number of rotatable bonds is 7. The van der Waals surface area contributed by atoms with Crippen LogP contribution >= 0.6 is 0 Å². The molecule has 1 saturated heterocycles. The van der Waals surface area contributed by atoms with E-state index in [0.717, 1.165) is 18.6 Å². The molecule has 3 unspecified atom stereocenters. The molecule has 2 heteroatoms. The Morgan fingerprint density at radius 2 is 1.94 bits per heavy atom. The molecule has 0 aliphatic carbocycles. The summed E-state index contributed by atoms with van der Waals surface area (Å²) in [6.45, 7) is 11.8. The van der Waals surface area contributed by atoms with E-state index in [1.165, 1.54) is 51.5 Å². The molecule has 0 bridgehead atoms. The minimum Gasteiger partial charge on any atom is -0.313 e. The predicted octanol–water partition coefficient (Wildman–Crippen LogP) is 3.81. The van der Waals surface area contributed by atoms with Gasteiger partial charge in [-0.25, -0.2) is 0 Å². The summed E-state index contributed by atoms with van der Waals surface area (Å²) < 4.78 is 0. The SMILES string of the molecule is CCCC(NCC)C(CC)N1CCCCCC1C. The number of nitrogens with zero attached hydrogens (tertiary/aromatic N) is 1. The molecule has 0 saturated carbocycles. The zero-order chi connectivity index (χ0) is 13.4. The summed E-state index contributed by atoms with van der Waals surface area (Å²) in [6.07, 6.45) is 9.52. The maximum atomic E-state index is 3.73. The van der Waals surface area contributed by atoms with Gasteiger partial charge >= 0.3 is 0 Å². The Labute approximate surface area is 115 Å². The van der Waals surface area contributed by atoms with Crippen LogP contribution in [0.3, 0.4) is 0 Å². The van der Waals surface area contributed by atoms with Crippen LogP contribution in [0.1, 0.15) is 72.6 Å². The molecule has 0 aromatic carbocycles. The smallest absolute Gasteiger partial charge is 0.0249 e. The third kappa shape index (κ3) is 4.55. The Kier molecular flexibility index (Phi) is 7.92. The van der Waals surface area contributed by atoms with E-state index < -0.39 is 0 Å². The number of likely N-dealkylation sites (tertiary alicyclic amines) is 1. The quantitative estimate of drug-likeness (QED) is 0.743. The van der Waals surface area contributed by atoms with Gasteiger partial charge < -0.3 is 5.32 Å². The molecular weight excluding hydrogens is 220 g/mol. The van der Waals surface area contributed by atoms with Crippen LogP contribution in [0.5, 0.6) is 0 Å². The van der Waals surface area contributed by atoms with Crippen LogP contribution in [-0.4, -0.2) is 36.1 Å². The molecule has 1 heterocycles. The summed E-state index contributed by atoms with van der Waals surface area (Å²) in [6, 6.07) is 2.19. The van der Waals surface area contributed by atoms with Crippen molar-refractivity contribution in [3.8, 4) is 0 Å². The van der Waals surface area contributed by atoms with E-state index >= 15 is 0 Å². The molecule has 108 valence electrons. The van der Waals surface area contributed by atoms with Gasteiger partial charge in [0.2, 0.25) is 0 Å². The standard InChI is InChI=1S/C16H34N2/c1-5-11-15(17-7-3)16(6-2)18-13-10-8-9-12-14(18)4/h14-17H,5-13H2,1-4H3. The summed E-state index contributed by atoms with van der Waals surface area (Å²) in [4.78, 5) is 2.80. The van der Waals surface area contributed by atoms with Crippen LogP contribution in [0.4, 0.5) is 0 Å². The number of hydrogen-bond donors (Lipinski definition) is 1. The first-order valence-electron chi connectivity index (χ1n) is 8.23. The summed E-state index contributed by atoms with van der Waals surface area (Å²) >= 11 is 0. The second-order valence-electron chi connectivity index (χ2n) is 5.86. The van der Waals surface area contributed by atoms with Gasteiger partial charge in [0, 0.05) is 18.1 Å². The number of nitrogens with one attached hydrogen (secondary N) is 1. The molecule has 3 atom stereocenters. The fourth-order valence-corrected chi connectivity index (χ4v) is 3.54. The second-order valence-corrected chi connectivity index (χ2v) is 5.86. The maximum Gasteiger partial charge on any atom is 0.0249 e. The van der Waals surface area contributed by atoms with Crippen LogP contribution < -0.4 is 5.32 Å². The molecule has 0 aromatic heterocycles. The van der Waals surface area contributed by atoms with Crippen molar-refractivity contribution in [1.82, 2.24) is 10.2 Å². The highest BCUT2D eigenvalue weighted by atomic mass is 15.2. The summed E-state index contributed by atoms with van der Waals surface area (Å²) in [5.74, 6) is 0. The molecule has 1 aliphatic rings. The van der Waals surface area contributed by atoms with Gasteiger partial charge in [0.1, 0.15) is 0 Å². The van der Waals surface area contributed by atoms with E-state index in [9.17, 15) is 0 Å². The van der Waals surface area contributed by atoms with Crippen molar-refractivity contribution in [2.45, 2.75) is 90.8 Å². The largest absolute Gasteiger partial charge is 0.313 e. The second kappa shape index (κ2) is 8.92. The highest BCUT2D eigenvalue weighted by molar-refractivity contribution is 4.87. The molecule has 18 heavy (non-hydrogen) atoms. The van der Waals surface area contributed by atoms with Crippen LogP contribution in [-0.2, 0) is 0 Å². The first-order valence-corrected chi connectivity index (χ1v) is 8.23. The zero-order valence-electron chi connectivity index (χ0n) is 13.0. The van der Waals surface area contributed by atoms with Crippen molar-refractivity contribution in [3.63, 3.8) is 0 Å². The summed E-state index contributed by atoms with van der Waals surface area (Å²) in [5, 5.41) is 3.73. The molecule has 0 aromatic rings. The first-order chi connectivity index (χ1) is 8.74. The van der Waals surface area contributed by atoms with E-state index in [1.54, 1.807) is 0 Å². The molecule has 0 spiro atoms.